The lowest BCUT2D eigenvalue weighted by Crippen LogP contribution is -2.16. The van der Waals surface area contributed by atoms with E-state index in [0.29, 0.717) is 12.5 Å². The molecule has 1 aliphatic heterocycles. The maximum Gasteiger partial charge on any atom is 0.212 e. The molecular weight excluding hydrogens is 370 g/mol. The van der Waals surface area contributed by atoms with Gasteiger partial charge in [-0.05, 0) is 32.7 Å². The minimum absolute atomic E-state index is 0. The Kier molecular flexibility index (Phi) is 4.81. The smallest absolute Gasteiger partial charge is 0.212 e. The van der Waals surface area contributed by atoms with Gasteiger partial charge < -0.3 is 10.6 Å². The number of anilines is 1. The largest absolute Gasteiger partial charge is 0.364 e. The molecule has 7 nitrogen and oxygen atoms in total. The van der Waals surface area contributed by atoms with Crippen molar-refractivity contribution in [3.8, 4) is 0 Å². The molecular formula is C17H22ClN7S. The third-order valence-corrected chi connectivity index (χ3v) is 5.61. The number of hydrogen-bond donors (Lipinski definition) is 2. The zero-order chi connectivity index (χ0) is 16.8. The lowest BCUT2D eigenvalue weighted by molar-refractivity contribution is 0.707. The molecule has 1 saturated carbocycles. The first-order valence-corrected chi connectivity index (χ1v) is 9.74. The van der Waals surface area contributed by atoms with Crippen molar-refractivity contribution in [2.75, 3.05) is 18.4 Å². The van der Waals surface area contributed by atoms with E-state index in [0.717, 1.165) is 53.2 Å². The van der Waals surface area contributed by atoms with E-state index < -0.39 is 0 Å². The van der Waals surface area contributed by atoms with Gasteiger partial charge in [0.15, 0.2) is 0 Å². The summed E-state index contributed by atoms with van der Waals surface area (Å²) in [6, 6.07) is 0. The molecule has 0 atom stereocenters. The van der Waals surface area contributed by atoms with Crippen molar-refractivity contribution in [1.29, 1.82) is 0 Å². The topological polar surface area (TPSA) is 80.0 Å². The summed E-state index contributed by atoms with van der Waals surface area (Å²) in [5.74, 6) is 2.58. The Labute approximate surface area is 162 Å². The van der Waals surface area contributed by atoms with Gasteiger partial charge in [-0.1, -0.05) is 11.3 Å². The van der Waals surface area contributed by atoms with Crippen LogP contribution < -0.4 is 10.6 Å². The van der Waals surface area contributed by atoms with Crippen LogP contribution in [0.25, 0.3) is 4.96 Å². The fourth-order valence-corrected chi connectivity index (χ4v) is 4.08. The summed E-state index contributed by atoms with van der Waals surface area (Å²) < 4.78 is 1.86. The van der Waals surface area contributed by atoms with E-state index in [9.17, 15) is 0 Å². The third kappa shape index (κ3) is 3.41. The van der Waals surface area contributed by atoms with Crippen LogP contribution in [0.1, 0.15) is 46.5 Å². The van der Waals surface area contributed by atoms with E-state index in [2.05, 4.69) is 20.7 Å². The summed E-state index contributed by atoms with van der Waals surface area (Å²) in [5.41, 5.74) is 3.47. The van der Waals surface area contributed by atoms with Gasteiger partial charge in [0.25, 0.3) is 0 Å². The number of imidazole rings is 1. The van der Waals surface area contributed by atoms with Crippen LogP contribution in [0.3, 0.4) is 0 Å². The highest BCUT2D eigenvalue weighted by Gasteiger charge is 2.29. The van der Waals surface area contributed by atoms with Gasteiger partial charge in [-0.25, -0.2) is 19.5 Å². The monoisotopic (exact) mass is 391 g/mol. The van der Waals surface area contributed by atoms with Crippen LogP contribution in [-0.4, -0.2) is 37.7 Å². The quantitative estimate of drug-likeness (QED) is 0.711. The van der Waals surface area contributed by atoms with Gasteiger partial charge in [0.1, 0.15) is 16.6 Å². The molecule has 0 aromatic carbocycles. The van der Waals surface area contributed by atoms with Crippen molar-refractivity contribution in [2.45, 2.75) is 45.1 Å². The minimum Gasteiger partial charge on any atom is -0.364 e. The highest BCUT2D eigenvalue weighted by molar-refractivity contribution is 7.16. The second-order valence-electron chi connectivity index (χ2n) is 6.81. The molecule has 2 aliphatic rings. The fourth-order valence-electron chi connectivity index (χ4n) is 3.34. The molecule has 3 aromatic heterocycles. The maximum absolute atomic E-state index is 4.87. The Morgan fingerprint density at radius 1 is 1.23 bits per heavy atom. The molecule has 0 unspecified atom stereocenters. The molecule has 26 heavy (non-hydrogen) atoms. The van der Waals surface area contributed by atoms with Gasteiger partial charge in [-0.2, -0.15) is 5.10 Å². The van der Waals surface area contributed by atoms with E-state index in [4.69, 9.17) is 9.97 Å². The predicted molar refractivity (Wildman–Crippen MR) is 104 cm³/mol. The van der Waals surface area contributed by atoms with Crippen molar-refractivity contribution in [1.82, 2.24) is 29.9 Å². The Balaban J connectivity index is 0.00000168. The Morgan fingerprint density at radius 3 is 2.88 bits per heavy atom. The number of fused-ring (bicyclic) bond motifs is 2. The summed E-state index contributed by atoms with van der Waals surface area (Å²) in [6.07, 6.45) is 6.39. The fraction of sp³-hybridized carbons (Fsp3) is 0.529. The van der Waals surface area contributed by atoms with Crippen molar-refractivity contribution in [3.05, 3.63) is 34.0 Å². The lowest BCUT2D eigenvalue weighted by atomic mass is 10.1. The lowest BCUT2D eigenvalue weighted by Gasteiger charge is -2.14. The van der Waals surface area contributed by atoms with Gasteiger partial charge in [0.2, 0.25) is 4.96 Å². The Bertz CT molecular complexity index is 899. The van der Waals surface area contributed by atoms with Crippen molar-refractivity contribution in [3.63, 3.8) is 0 Å². The van der Waals surface area contributed by atoms with Gasteiger partial charge >= 0.3 is 0 Å². The SMILES string of the molecule is Cc1nn2cc(CNc3nc(C4CC4)nc4c3CCNCC4)nc2s1.Cl. The number of halogens is 1. The normalized spacial score (nSPS) is 16.8. The highest BCUT2D eigenvalue weighted by Crippen LogP contribution is 2.39. The number of nitrogens with one attached hydrogen (secondary N) is 2. The van der Waals surface area contributed by atoms with Crippen molar-refractivity contribution in [2.24, 2.45) is 0 Å². The van der Waals surface area contributed by atoms with Crippen LogP contribution in [0.15, 0.2) is 6.20 Å². The molecule has 138 valence electrons. The van der Waals surface area contributed by atoms with Crippen LogP contribution in [0, 0.1) is 6.92 Å². The summed E-state index contributed by atoms with van der Waals surface area (Å²) >= 11 is 1.61. The van der Waals surface area contributed by atoms with Gasteiger partial charge in [0, 0.05) is 24.4 Å². The Hall–Kier alpha value is -1.77. The van der Waals surface area contributed by atoms with Gasteiger partial charge in [-0.15, -0.1) is 12.4 Å². The zero-order valence-electron chi connectivity index (χ0n) is 14.7. The van der Waals surface area contributed by atoms with Crippen LogP contribution in [-0.2, 0) is 19.4 Å². The van der Waals surface area contributed by atoms with E-state index in [-0.39, 0.29) is 12.4 Å². The number of aromatic nitrogens is 5. The number of nitrogens with zero attached hydrogens (tertiary/aromatic N) is 5. The van der Waals surface area contributed by atoms with Crippen LogP contribution in [0.5, 0.6) is 0 Å². The minimum atomic E-state index is 0. The molecule has 5 rings (SSSR count). The number of hydrogen-bond acceptors (Lipinski definition) is 7. The summed E-state index contributed by atoms with van der Waals surface area (Å²) in [6.45, 7) is 4.64. The molecule has 1 fully saturated rings. The average molecular weight is 392 g/mol. The standard InChI is InChI=1S/C17H21N7S.ClH/c1-10-23-24-9-12(20-17(24)25-10)8-19-16-13-4-6-18-7-5-14(13)21-15(22-16)11-2-3-11;/h9,11,18H,2-8H2,1H3,(H,19,21,22);1H. The van der Waals surface area contributed by atoms with Gasteiger partial charge in [0.05, 0.1) is 24.1 Å². The molecule has 0 saturated heterocycles. The molecule has 1 aliphatic carbocycles. The van der Waals surface area contributed by atoms with Crippen molar-refractivity contribution >= 4 is 34.5 Å². The first kappa shape index (κ1) is 17.6. The second kappa shape index (κ2) is 7.09. The number of aryl methyl sites for hydroxylation is 1. The molecule has 2 N–H and O–H groups in total. The Morgan fingerprint density at radius 2 is 2.08 bits per heavy atom. The summed E-state index contributed by atoms with van der Waals surface area (Å²) in [7, 11) is 0. The summed E-state index contributed by atoms with van der Waals surface area (Å²) in [5, 5.41) is 12.4. The predicted octanol–water partition coefficient (Wildman–Crippen LogP) is 2.49. The van der Waals surface area contributed by atoms with Crippen LogP contribution in [0.2, 0.25) is 0 Å². The van der Waals surface area contributed by atoms with Crippen LogP contribution in [0.4, 0.5) is 5.82 Å². The average Bonchev–Trinajstić information content (AvgIpc) is 3.33. The number of rotatable bonds is 4. The first-order chi connectivity index (χ1) is 12.3. The molecule has 0 amide bonds. The molecule has 4 heterocycles. The summed E-state index contributed by atoms with van der Waals surface area (Å²) in [4.78, 5) is 15.3. The van der Waals surface area contributed by atoms with Crippen LogP contribution >= 0.6 is 23.7 Å². The highest BCUT2D eigenvalue weighted by atomic mass is 35.5. The van der Waals surface area contributed by atoms with E-state index in [1.165, 1.54) is 24.1 Å². The first-order valence-electron chi connectivity index (χ1n) is 8.92. The van der Waals surface area contributed by atoms with E-state index >= 15 is 0 Å². The van der Waals surface area contributed by atoms with E-state index in [1.54, 1.807) is 11.3 Å². The molecule has 9 heteroatoms. The molecule has 0 spiro atoms. The zero-order valence-corrected chi connectivity index (χ0v) is 16.3. The maximum atomic E-state index is 4.87. The molecule has 0 radical (unpaired) electrons. The van der Waals surface area contributed by atoms with E-state index in [1.807, 2.05) is 17.6 Å². The molecule has 0 bridgehead atoms. The second-order valence-corrected chi connectivity index (χ2v) is 7.97. The third-order valence-electron chi connectivity index (χ3n) is 4.77. The molecule has 3 aromatic rings. The van der Waals surface area contributed by atoms with Crippen molar-refractivity contribution < 1.29 is 0 Å². The van der Waals surface area contributed by atoms with Gasteiger partial charge in [-0.3, -0.25) is 0 Å².